The van der Waals surface area contributed by atoms with Gasteiger partial charge in [0.25, 0.3) is 0 Å². The zero-order valence-corrected chi connectivity index (χ0v) is 13.3. The predicted octanol–water partition coefficient (Wildman–Crippen LogP) is 3.11. The van der Waals surface area contributed by atoms with Crippen molar-refractivity contribution in [1.82, 2.24) is 0 Å². The molecule has 2 aromatic rings. The van der Waals surface area contributed by atoms with Crippen LogP contribution in [0, 0.1) is 0 Å². The van der Waals surface area contributed by atoms with Gasteiger partial charge in [0.2, 0.25) is 0 Å². The quantitative estimate of drug-likeness (QED) is 0.595. The van der Waals surface area contributed by atoms with Crippen LogP contribution in [0.1, 0.15) is 27.2 Å². The first-order valence-electron chi connectivity index (χ1n) is 6.78. The van der Waals surface area contributed by atoms with E-state index in [0.29, 0.717) is 0 Å². The fourth-order valence-electron chi connectivity index (χ4n) is 2.33. The molecule has 0 spiro atoms. The largest absolute Gasteiger partial charge is 0.416 e. The van der Waals surface area contributed by atoms with Crippen LogP contribution in [0.3, 0.4) is 0 Å². The molecule has 0 bridgehead atoms. The van der Waals surface area contributed by atoms with Gasteiger partial charge in [-0.05, 0) is 27.2 Å². The van der Waals surface area contributed by atoms with E-state index in [2.05, 4.69) is 20.8 Å². The van der Waals surface area contributed by atoms with Crippen LogP contribution in [-0.2, 0) is 26.4 Å². The van der Waals surface area contributed by atoms with Crippen LogP contribution in [0.4, 0.5) is 0 Å². The third-order valence-corrected chi connectivity index (χ3v) is 3.08. The summed E-state index contributed by atoms with van der Waals surface area (Å²) in [7, 11) is -0.191. The van der Waals surface area contributed by atoms with Crippen molar-refractivity contribution in [3.8, 4) is 0 Å². The zero-order valence-electron chi connectivity index (χ0n) is 12.2. The van der Waals surface area contributed by atoms with Crippen LogP contribution >= 0.6 is 0 Å². The van der Waals surface area contributed by atoms with Gasteiger partial charge in [-0.3, -0.25) is 0 Å². The number of hydrogen-bond acceptors (Lipinski definition) is 2. The Morgan fingerprint density at radius 3 is 2.35 bits per heavy atom. The second-order valence-electron chi connectivity index (χ2n) is 5.54. The van der Waals surface area contributed by atoms with E-state index in [1.807, 2.05) is 54.6 Å². The summed E-state index contributed by atoms with van der Waals surface area (Å²) in [6.45, 7) is 6.32. The molecular weight excluding hydrogens is 291 g/mol. The van der Waals surface area contributed by atoms with E-state index in [9.17, 15) is 0 Å². The molecule has 1 saturated heterocycles. The van der Waals surface area contributed by atoms with Crippen molar-refractivity contribution >= 4 is 12.6 Å². The van der Waals surface area contributed by atoms with Gasteiger partial charge in [-0.2, -0.15) is 41.9 Å². The van der Waals surface area contributed by atoms with Crippen molar-refractivity contribution in [2.75, 3.05) is 0 Å². The first-order chi connectivity index (χ1) is 9.07. The fraction of sp³-hybridized carbons (Fsp3) is 0.375. The SMILES string of the molecule is CC1CC(C)(C)OB(c2cc[cH-]c2)O1.[Fe].c1cc[cH-]c1. The van der Waals surface area contributed by atoms with Crippen molar-refractivity contribution in [1.29, 1.82) is 0 Å². The average Bonchev–Trinajstić information content (AvgIpc) is 3.04. The van der Waals surface area contributed by atoms with Crippen LogP contribution in [0.15, 0.2) is 54.6 Å². The summed E-state index contributed by atoms with van der Waals surface area (Å²) in [5, 5.41) is 0. The van der Waals surface area contributed by atoms with E-state index < -0.39 is 0 Å². The molecule has 110 valence electrons. The molecular formula is C16H21BFeO2-2. The summed E-state index contributed by atoms with van der Waals surface area (Å²) in [5.74, 6) is 0. The number of rotatable bonds is 1. The van der Waals surface area contributed by atoms with E-state index in [4.69, 9.17) is 9.31 Å². The molecule has 2 aromatic carbocycles. The zero-order chi connectivity index (χ0) is 13.7. The first kappa shape index (κ1) is 17.3. The van der Waals surface area contributed by atoms with Gasteiger partial charge < -0.3 is 9.31 Å². The molecule has 0 radical (unpaired) electrons. The van der Waals surface area contributed by atoms with E-state index >= 15 is 0 Å². The molecule has 1 aliphatic rings. The van der Waals surface area contributed by atoms with Crippen LogP contribution in [0.2, 0.25) is 0 Å². The van der Waals surface area contributed by atoms with Gasteiger partial charge in [0.1, 0.15) is 0 Å². The van der Waals surface area contributed by atoms with Gasteiger partial charge in [0.05, 0.1) is 0 Å². The molecule has 20 heavy (non-hydrogen) atoms. The molecule has 1 atom stereocenters. The van der Waals surface area contributed by atoms with Gasteiger partial charge in [-0.15, -0.1) is 0 Å². The second-order valence-corrected chi connectivity index (χ2v) is 5.54. The minimum Gasteiger partial charge on any atom is -0.416 e. The Morgan fingerprint density at radius 1 is 1.20 bits per heavy atom. The predicted molar refractivity (Wildman–Crippen MR) is 79.8 cm³/mol. The second kappa shape index (κ2) is 7.85. The molecule has 1 fully saturated rings. The molecule has 0 amide bonds. The molecule has 0 aliphatic carbocycles. The Kier molecular flexibility index (Phi) is 6.77. The molecule has 1 aliphatic heterocycles. The van der Waals surface area contributed by atoms with Crippen molar-refractivity contribution in [2.45, 2.75) is 38.9 Å². The molecule has 0 saturated carbocycles. The Hall–Kier alpha value is -0.796. The molecule has 0 N–H and O–H groups in total. The first-order valence-corrected chi connectivity index (χ1v) is 6.78. The van der Waals surface area contributed by atoms with Crippen LogP contribution in [0.25, 0.3) is 0 Å². The van der Waals surface area contributed by atoms with Crippen LogP contribution in [0.5, 0.6) is 0 Å². The number of hydrogen-bond donors (Lipinski definition) is 0. The van der Waals surface area contributed by atoms with Crippen LogP contribution in [-0.4, -0.2) is 18.8 Å². The average molecular weight is 312 g/mol. The Balaban J connectivity index is 0.000000283. The van der Waals surface area contributed by atoms with Gasteiger partial charge in [0, 0.05) is 28.8 Å². The standard InChI is InChI=1S/C11H16BO2.C5H5.Fe/c1-9-8-11(2,3)14-12(13-9)10-6-4-5-7-10;1-2-4-5-3-1;/h4-7,9H,8H2,1-3H3;1-5H;/q2*-1;. The Bertz CT molecular complexity index is 434. The van der Waals surface area contributed by atoms with Gasteiger partial charge in [0.15, 0.2) is 0 Å². The van der Waals surface area contributed by atoms with E-state index in [1.165, 1.54) is 0 Å². The Morgan fingerprint density at radius 2 is 1.90 bits per heavy atom. The van der Waals surface area contributed by atoms with Crippen molar-refractivity contribution in [3.63, 3.8) is 0 Å². The summed E-state index contributed by atoms with van der Waals surface area (Å²) >= 11 is 0. The van der Waals surface area contributed by atoms with Crippen molar-refractivity contribution in [2.24, 2.45) is 0 Å². The summed E-state index contributed by atoms with van der Waals surface area (Å²) in [6, 6.07) is 18.1. The van der Waals surface area contributed by atoms with Crippen molar-refractivity contribution < 1.29 is 26.4 Å². The van der Waals surface area contributed by atoms with Gasteiger partial charge in [-0.1, -0.05) is 0 Å². The van der Waals surface area contributed by atoms with Gasteiger partial charge >= 0.3 is 7.12 Å². The molecule has 3 rings (SSSR count). The minimum absolute atomic E-state index is 0. The Labute approximate surface area is 132 Å². The summed E-state index contributed by atoms with van der Waals surface area (Å²) in [6.07, 6.45) is 1.21. The maximum Gasteiger partial charge on any atom is 0.406 e. The smallest absolute Gasteiger partial charge is 0.406 e. The maximum absolute atomic E-state index is 5.87. The van der Waals surface area contributed by atoms with E-state index in [0.717, 1.165) is 11.9 Å². The van der Waals surface area contributed by atoms with Crippen LogP contribution < -0.4 is 5.46 Å². The minimum atomic E-state index is -0.191. The van der Waals surface area contributed by atoms with E-state index in [1.54, 1.807) is 0 Å². The maximum atomic E-state index is 5.87. The summed E-state index contributed by atoms with van der Waals surface area (Å²) < 4.78 is 11.6. The van der Waals surface area contributed by atoms with Gasteiger partial charge in [-0.25, -0.2) is 18.2 Å². The summed E-state index contributed by atoms with van der Waals surface area (Å²) in [5.41, 5.74) is 1.03. The fourth-order valence-corrected chi connectivity index (χ4v) is 2.33. The summed E-state index contributed by atoms with van der Waals surface area (Å²) in [4.78, 5) is 0. The topological polar surface area (TPSA) is 18.5 Å². The molecule has 2 nitrogen and oxygen atoms in total. The molecule has 1 heterocycles. The van der Waals surface area contributed by atoms with E-state index in [-0.39, 0.29) is 35.9 Å². The third-order valence-electron chi connectivity index (χ3n) is 3.08. The monoisotopic (exact) mass is 312 g/mol. The van der Waals surface area contributed by atoms with Crippen molar-refractivity contribution in [3.05, 3.63) is 54.6 Å². The normalized spacial score (nSPS) is 20.6. The molecule has 1 unspecified atom stereocenters. The third kappa shape index (κ3) is 5.30. The molecule has 0 aromatic heterocycles. The molecule has 4 heteroatoms.